The number of piperidine rings is 1. The second-order valence-corrected chi connectivity index (χ2v) is 8.62. The maximum Gasteiger partial charge on any atom is 0.230 e. The molecule has 146 valence electrons. The molecule has 1 saturated carbocycles. The van der Waals surface area contributed by atoms with Crippen LogP contribution in [0.3, 0.4) is 0 Å². The Bertz CT molecular complexity index is 716. The van der Waals surface area contributed by atoms with Crippen LogP contribution in [0.15, 0.2) is 24.3 Å². The minimum atomic E-state index is -0.450. The minimum Gasteiger partial charge on any atom is -0.342 e. The number of carbonyl (C=O) groups excluding carboxylic acids is 2. The largest absolute Gasteiger partial charge is 0.342 e. The maximum absolute atomic E-state index is 14.0. The molecular weight excluding hydrogens is 343 g/mol. The first kappa shape index (κ1) is 18.5. The molecule has 1 aliphatic carbocycles. The Balaban J connectivity index is 1.41. The zero-order valence-electron chi connectivity index (χ0n) is 16.0. The van der Waals surface area contributed by atoms with Gasteiger partial charge in [0.1, 0.15) is 5.82 Å². The Morgan fingerprint density at radius 3 is 2.67 bits per heavy atom. The molecule has 0 N–H and O–H groups in total. The standard InChI is InChI=1S/C22H29FN2O2/c23-19-9-4-3-8-18(19)15-24-12-5-10-22(21(24)27)11-13-25(16-22)20(26)14-17-6-1-2-7-17/h3-4,8-9,17H,1-2,5-7,10-16H2. The summed E-state index contributed by atoms with van der Waals surface area (Å²) in [6.07, 6.45) is 7.97. The first-order chi connectivity index (χ1) is 13.1. The van der Waals surface area contributed by atoms with Crippen molar-refractivity contribution in [2.75, 3.05) is 19.6 Å². The topological polar surface area (TPSA) is 40.6 Å². The van der Waals surface area contributed by atoms with Gasteiger partial charge in [0.2, 0.25) is 11.8 Å². The zero-order valence-corrected chi connectivity index (χ0v) is 16.0. The van der Waals surface area contributed by atoms with Gasteiger partial charge < -0.3 is 9.80 Å². The lowest BCUT2D eigenvalue weighted by molar-refractivity contribution is -0.147. The normalized spacial score (nSPS) is 26.3. The highest BCUT2D eigenvalue weighted by Crippen LogP contribution is 2.41. The quantitative estimate of drug-likeness (QED) is 0.808. The Kier molecular flexibility index (Phi) is 5.20. The van der Waals surface area contributed by atoms with Gasteiger partial charge in [0.15, 0.2) is 0 Å². The van der Waals surface area contributed by atoms with Crippen LogP contribution in [-0.4, -0.2) is 41.2 Å². The predicted octanol–water partition coefficient (Wildman–Crippen LogP) is 3.75. The molecular formula is C22H29FN2O2. The lowest BCUT2D eigenvalue weighted by Gasteiger charge is -2.39. The number of nitrogens with zero attached hydrogens (tertiary/aromatic N) is 2. The number of amides is 2. The maximum atomic E-state index is 14.0. The molecule has 2 aliphatic heterocycles. The molecule has 1 spiro atoms. The van der Waals surface area contributed by atoms with Gasteiger partial charge in [0, 0.05) is 38.2 Å². The highest BCUT2D eigenvalue weighted by Gasteiger charge is 2.49. The van der Waals surface area contributed by atoms with Crippen LogP contribution in [0.4, 0.5) is 4.39 Å². The summed E-state index contributed by atoms with van der Waals surface area (Å²) < 4.78 is 14.0. The molecule has 4 rings (SSSR count). The van der Waals surface area contributed by atoms with Crippen molar-refractivity contribution < 1.29 is 14.0 Å². The molecule has 1 unspecified atom stereocenters. The summed E-state index contributed by atoms with van der Waals surface area (Å²) in [5.41, 5.74) is 0.115. The number of hydrogen-bond donors (Lipinski definition) is 0. The molecule has 0 bridgehead atoms. The summed E-state index contributed by atoms with van der Waals surface area (Å²) in [6, 6.07) is 6.67. The van der Waals surface area contributed by atoms with E-state index in [2.05, 4.69) is 0 Å². The fourth-order valence-corrected chi connectivity index (χ4v) is 5.19. The minimum absolute atomic E-state index is 0.105. The molecule has 2 saturated heterocycles. The van der Waals surface area contributed by atoms with Crippen LogP contribution in [0.2, 0.25) is 0 Å². The predicted molar refractivity (Wildman–Crippen MR) is 101 cm³/mol. The summed E-state index contributed by atoms with van der Waals surface area (Å²) >= 11 is 0. The van der Waals surface area contributed by atoms with Crippen LogP contribution in [0.5, 0.6) is 0 Å². The van der Waals surface area contributed by atoms with E-state index in [1.807, 2.05) is 11.0 Å². The average molecular weight is 372 g/mol. The molecule has 2 amide bonds. The molecule has 4 nitrogen and oxygen atoms in total. The fourth-order valence-electron chi connectivity index (χ4n) is 5.19. The van der Waals surface area contributed by atoms with Crippen molar-refractivity contribution in [3.8, 4) is 0 Å². The summed E-state index contributed by atoms with van der Waals surface area (Å²) in [4.78, 5) is 29.7. The molecule has 5 heteroatoms. The second-order valence-electron chi connectivity index (χ2n) is 8.62. The second kappa shape index (κ2) is 7.61. The Labute approximate surface area is 160 Å². The van der Waals surface area contributed by atoms with Crippen molar-refractivity contribution in [1.82, 2.24) is 9.80 Å². The lowest BCUT2D eigenvalue weighted by atomic mass is 9.78. The number of likely N-dealkylation sites (tertiary alicyclic amines) is 2. The van der Waals surface area contributed by atoms with Crippen molar-refractivity contribution in [3.63, 3.8) is 0 Å². The molecule has 3 aliphatic rings. The van der Waals surface area contributed by atoms with Gasteiger partial charge in [0.25, 0.3) is 0 Å². The number of hydrogen-bond acceptors (Lipinski definition) is 2. The number of halogens is 1. The van der Waals surface area contributed by atoms with E-state index >= 15 is 0 Å². The molecule has 2 heterocycles. The number of carbonyl (C=O) groups is 2. The van der Waals surface area contributed by atoms with E-state index in [1.165, 1.54) is 31.7 Å². The lowest BCUT2D eigenvalue weighted by Crippen LogP contribution is -2.50. The first-order valence-electron chi connectivity index (χ1n) is 10.4. The summed E-state index contributed by atoms with van der Waals surface area (Å²) in [5.74, 6) is 0.601. The summed E-state index contributed by atoms with van der Waals surface area (Å²) in [7, 11) is 0. The number of rotatable bonds is 4. The van der Waals surface area contributed by atoms with Crippen molar-refractivity contribution in [1.29, 1.82) is 0 Å². The van der Waals surface area contributed by atoms with Gasteiger partial charge >= 0.3 is 0 Å². The van der Waals surface area contributed by atoms with Crippen LogP contribution in [-0.2, 0) is 16.1 Å². The van der Waals surface area contributed by atoms with Gasteiger partial charge in [-0.1, -0.05) is 31.0 Å². The van der Waals surface area contributed by atoms with E-state index in [9.17, 15) is 14.0 Å². The van der Waals surface area contributed by atoms with E-state index in [1.54, 1.807) is 17.0 Å². The Hall–Kier alpha value is -1.91. The van der Waals surface area contributed by atoms with Crippen LogP contribution >= 0.6 is 0 Å². The number of benzene rings is 1. The Morgan fingerprint density at radius 1 is 1.11 bits per heavy atom. The van der Waals surface area contributed by atoms with Crippen LogP contribution < -0.4 is 0 Å². The summed E-state index contributed by atoms with van der Waals surface area (Å²) in [6.45, 7) is 2.23. The van der Waals surface area contributed by atoms with Crippen LogP contribution in [0.1, 0.15) is 56.9 Å². The molecule has 1 atom stereocenters. The van der Waals surface area contributed by atoms with E-state index in [0.717, 1.165) is 19.3 Å². The van der Waals surface area contributed by atoms with E-state index in [0.29, 0.717) is 44.1 Å². The fraction of sp³-hybridized carbons (Fsp3) is 0.636. The van der Waals surface area contributed by atoms with Crippen molar-refractivity contribution in [2.24, 2.45) is 11.3 Å². The van der Waals surface area contributed by atoms with Gasteiger partial charge in [0.05, 0.1) is 5.41 Å². The smallest absolute Gasteiger partial charge is 0.230 e. The molecule has 27 heavy (non-hydrogen) atoms. The van der Waals surface area contributed by atoms with Gasteiger partial charge in [-0.05, 0) is 44.1 Å². The molecule has 1 aromatic rings. The third kappa shape index (κ3) is 3.74. The Morgan fingerprint density at radius 2 is 1.89 bits per heavy atom. The third-order valence-corrected chi connectivity index (χ3v) is 6.79. The van der Waals surface area contributed by atoms with E-state index < -0.39 is 5.41 Å². The van der Waals surface area contributed by atoms with Gasteiger partial charge in [-0.3, -0.25) is 9.59 Å². The molecule has 0 aromatic heterocycles. The van der Waals surface area contributed by atoms with Gasteiger partial charge in [-0.25, -0.2) is 4.39 Å². The SMILES string of the molecule is O=C(CC1CCCC1)N1CCC2(CCCN(Cc3ccccc3F)C2=O)C1. The van der Waals surface area contributed by atoms with Gasteiger partial charge in [-0.2, -0.15) is 0 Å². The van der Waals surface area contributed by atoms with E-state index in [-0.39, 0.29) is 17.6 Å². The molecule has 0 radical (unpaired) electrons. The molecule has 1 aromatic carbocycles. The summed E-state index contributed by atoms with van der Waals surface area (Å²) in [5, 5.41) is 0. The van der Waals surface area contributed by atoms with Crippen molar-refractivity contribution in [3.05, 3.63) is 35.6 Å². The van der Waals surface area contributed by atoms with Crippen LogP contribution in [0, 0.1) is 17.2 Å². The van der Waals surface area contributed by atoms with Gasteiger partial charge in [-0.15, -0.1) is 0 Å². The third-order valence-electron chi connectivity index (χ3n) is 6.79. The highest BCUT2D eigenvalue weighted by molar-refractivity contribution is 5.86. The average Bonchev–Trinajstić information content (AvgIpc) is 3.32. The van der Waals surface area contributed by atoms with Crippen molar-refractivity contribution in [2.45, 2.75) is 57.9 Å². The van der Waals surface area contributed by atoms with Crippen molar-refractivity contribution >= 4 is 11.8 Å². The van der Waals surface area contributed by atoms with E-state index in [4.69, 9.17) is 0 Å². The highest BCUT2D eigenvalue weighted by atomic mass is 19.1. The van der Waals surface area contributed by atoms with Crippen LogP contribution in [0.25, 0.3) is 0 Å². The molecule has 3 fully saturated rings. The first-order valence-corrected chi connectivity index (χ1v) is 10.4. The zero-order chi connectivity index (χ0) is 18.9. The monoisotopic (exact) mass is 372 g/mol.